The fourth-order valence-corrected chi connectivity index (χ4v) is 3.94. The molecule has 4 rings (SSSR count). The number of carboxylic acid groups (broad SMARTS) is 1. The van der Waals surface area contributed by atoms with Gasteiger partial charge in [-0.25, -0.2) is 9.78 Å². The fraction of sp³-hybridized carbons (Fsp3) is 0.600. The third kappa shape index (κ3) is 4.28. The van der Waals surface area contributed by atoms with Gasteiger partial charge in [0.1, 0.15) is 5.01 Å². The molecule has 12 heteroatoms. The summed E-state index contributed by atoms with van der Waals surface area (Å²) in [5.74, 6) is -0.965. The molecule has 4 heterocycles. The Labute approximate surface area is 156 Å². The van der Waals surface area contributed by atoms with E-state index in [2.05, 4.69) is 20.1 Å². The Balaban J connectivity index is 0.000000260. The average Bonchev–Trinajstić information content (AvgIpc) is 3.31. The van der Waals surface area contributed by atoms with Gasteiger partial charge in [-0.2, -0.15) is 13.2 Å². The molecule has 0 saturated carbocycles. The Bertz CT molecular complexity index is 782. The molecule has 2 aliphatic rings. The number of carboxylic acids is 1. The van der Waals surface area contributed by atoms with Crippen molar-refractivity contribution in [2.24, 2.45) is 5.92 Å². The van der Waals surface area contributed by atoms with Crippen LogP contribution < -0.4 is 0 Å². The molecule has 2 aromatic heterocycles. The van der Waals surface area contributed by atoms with E-state index in [4.69, 9.17) is 19.1 Å². The monoisotopic (exact) mass is 406 g/mol. The maximum atomic E-state index is 10.6. The van der Waals surface area contributed by atoms with Crippen molar-refractivity contribution in [1.29, 1.82) is 0 Å². The normalized spacial score (nSPS) is 25.1. The highest BCUT2D eigenvalue weighted by Gasteiger charge is 2.55. The van der Waals surface area contributed by atoms with Gasteiger partial charge in [0.15, 0.2) is 0 Å². The van der Waals surface area contributed by atoms with Crippen molar-refractivity contribution in [3.05, 3.63) is 28.4 Å². The first-order valence-corrected chi connectivity index (χ1v) is 8.88. The number of alkyl halides is 3. The molecule has 2 aromatic rings. The van der Waals surface area contributed by atoms with Gasteiger partial charge in [-0.05, 0) is 0 Å². The van der Waals surface area contributed by atoms with Crippen molar-refractivity contribution < 1.29 is 32.2 Å². The second-order valence-corrected chi connectivity index (χ2v) is 7.37. The second-order valence-electron chi connectivity index (χ2n) is 6.39. The van der Waals surface area contributed by atoms with Crippen molar-refractivity contribution in [3.8, 4) is 0 Å². The molecule has 0 radical (unpaired) electrons. The molecule has 0 spiro atoms. The molecule has 148 valence electrons. The summed E-state index contributed by atoms with van der Waals surface area (Å²) in [5, 5.41) is 18.5. The summed E-state index contributed by atoms with van der Waals surface area (Å²) in [6.45, 7) is 6.08. The number of hydrogen-bond acceptors (Lipinski definition) is 8. The first-order valence-electron chi connectivity index (χ1n) is 8.00. The first kappa shape index (κ1) is 19.7. The predicted molar refractivity (Wildman–Crippen MR) is 86.1 cm³/mol. The minimum Gasteiger partial charge on any atom is -0.475 e. The number of hydrogen-bond donors (Lipinski definition) is 1. The van der Waals surface area contributed by atoms with Crippen LogP contribution in [0.25, 0.3) is 0 Å². The molecule has 2 fully saturated rings. The van der Waals surface area contributed by atoms with Crippen molar-refractivity contribution in [2.45, 2.75) is 25.1 Å². The van der Waals surface area contributed by atoms with Crippen LogP contribution in [0.3, 0.4) is 0 Å². The molecule has 2 atom stereocenters. The van der Waals surface area contributed by atoms with Crippen molar-refractivity contribution in [3.63, 3.8) is 0 Å². The molecule has 0 aromatic carbocycles. The lowest BCUT2D eigenvalue weighted by molar-refractivity contribution is -0.192. The summed E-state index contributed by atoms with van der Waals surface area (Å²) in [5.41, 5.74) is -0.126. The van der Waals surface area contributed by atoms with E-state index >= 15 is 0 Å². The van der Waals surface area contributed by atoms with E-state index in [0.717, 1.165) is 37.1 Å². The Morgan fingerprint density at radius 1 is 1.48 bits per heavy atom. The molecule has 27 heavy (non-hydrogen) atoms. The van der Waals surface area contributed by atoms with Crippen LogP contribution in [-0.2, 0) is 21.5 Å². The highest BCUT2D eigenvalue weighted by molar-refractivity contribution is 7.09. The summed E-state index contributed by atoms with van der Waals surface area (Å²) < 4.78 is 43.1. The van der Waals surface area contributed by atoms with Crippen molar-refractivity contribution >= 4 is 17.3 Å². The molecule has 0 unspecified atom stereocenters. The van der Waals surface area contributed by atoms with Crippen molar-refractivity contribution in [2.75, 3.05) is 26.3 Å². The van der Waals surface area contributed by atoms with E-state index in [-0.39, 0.29) is 5.41 Å². The third-order valence-electron chi connectivity index (χ3n) is 4.48. The summed E-state index contributed by atoms with van der Waals surface area (Å²) >= 11 is 1.70. The zero-order valence-electron chi connectivity index (χ0n) is 14.3. The van der Waals surface area contributed by atoms with Gasteiger partial charge in [-0.15, -0.1) is 21.5 Å². The molecular formula is C15H17F3N4O4S. The van der Waals surface area contributed by atoms with E-state index in [0.29, 0.717) is 18.4 Å². The number of halogens is 3. The van der Waals surface area contributed by atoms with Gasteiger partial charge in [0, 0.05) is 37.5 Å². The summed E-state index contributed by atoms with van der Waals surface area (Å²) in [6, 6.07) is 0. The lowest BCUT2D eigenvalue weighted by Gasteiger charge is -2.22. The van der Waals surface area contributed by atoms with Crippen LogP contribution in [0, 0.1) is 12.8 Å². The number of fused-ring (bicyclic) bond motifs is 1. The maximum absolute atomic E-state index is 10.6. The third-order valence-corrected chi connectivity index (χ3v) is 5.25. The fourth-order valence-electron chi connectivity index (χ4n) is 3.28. The Hall–Kier alpha value is -2.05. The number of carbonyl (C=O) groups is 1. The van der Waals surface area contributed by atoms with Gasteiger partial charge >= 0.3 is 12.1 Å². The van der Waals surface area contributed by atoms with E-state index in [1.807, 2.05) is 18.5 Å². The number of likely N-dealkylation sites (tertiary alicyclic amines) is 1. The average molecular weight is 406 g/mol. The number of rotatable bonds is 3. The molecule has 2 saturated heterocycles. The van der Waals surface area contributed by atoms with Crippen molar-refractivity contribution in [1.82, 2.24) is 20.1 Å². The van der Waals surface area contributed by atoms with Crippen LogP contribution in [0.15, 0.2) is 16.0 Å². The van der Waals surface area contributed by atoms with Crippen LogP contribution in [0.1, 0.15) is 16.8 Å². The van der Waals surface area contributed by atoms with Gasteiger partial charge < -0.3 is 14.3 Å². The minimum atomic E-state index is -5.08. The van der Waals surface area contributed by atoms with Crippen LogP contribution >= 0.6 is 11.3 Å². The molecule has 1 N–H and O–H groups in total. The molecule has 0 amide bonds. The topological polar surface area (TPSA) is 102 Å². The van der Waals surface area contributed by atoms with Crippen LogP contribution in [0.2, 0.25) is 0 Å². The maximum Gasteiger partial charge on any atom is 0.490 e. The first-order chi connectivity index (χ1) is 12.7. The van der Waals surface area contributed by atoms with E-state index in [1.165, 1.54) is 0 Å². The Morgan fingerprint density at radius 2 is 2.22 bits per heavy atom. The van der Waals surface area contributed by atoms with E-state index in [1.54, 1.807) is 11.3 Å². The largest absolute Gasteiger partial charge is 0.490 e. The van der Waals surface area contributed by atoms with Gasteiger partial charge in [-0.1, -0.05) is 0 Å². The Kier molecular flexibility index (Phi) is 5.49. The number of ether oxygens (including phenoxy) is 1. The van der Waals surface area contributed by atoms with Gasteiger partial charge in [-0.3, -0.25) is 4.90 Å². The standard InChI is InChI=1S/C13H16N4O2S.C2HF3O2/c1-9-15-16-12(19-9)13-7-17(4-10(13)6-18-8-13)5-11-14-2-3-20-11;3-2(4,5)1(6)7/h2-3,10H,4-8H2,1H3;(H,6,7)/t10-,13-;/m1./s1. The summed E-state index contributed by atoms with van der Waals surface area (Å²) in [4.78, 5) is 15.7. The minimum absolute atomic E-state index is 0.126. The highest BCUT2D eigenvalue weighted by atomic mass is 32.1. The van der Waals surface area contributed by atoms with Gasteiger partial charge in [0.25, 0.3) is 0 Å². The highest BCUT2D eigenvalue weighted by Crippen LogP contribution is 2.43. The zero-order valence-corrected chi connectivity index (χ0v) is 15.1. The SMILES string of the molecule is Cc1nnc([C@]23COC[C@H]2CN(Cc2nccs2)C3)o1.O=C(O)C(F)(F)F. The second kappa shape index (κ2) is 7.52. The quantitative estimate of drug-likeness (QED) is 0.824. The predicted octanol–water partition coefficient (Wildman–Crippen LogP) is 1.87. The summed E-state index contributed by atoms with van der Waals surface area (Å²) in [6.07, 6.45) is -3.23. The number of aromatic nitrogens is 3. The Morgan fingerprint density at radius 3 is 2.78 bits per heavy atom. The number of aliphatic carboxylic acids is 1. The van der Waals surface area contributed by atoms with Gasteiger partial charge in [0.2, 0.25) is 11.8 Å². The van der Waals surface area contributed by atoms with Gasteiger partial charge in [0.05, 0.1) is 25.2 Å². The number of aryl methyl sites for hydroxylation is 1. The number of nitrogens with zero attached hydrogens (tertiary/aromatic N) is 4. The van der Waals surface area contributed by atoms with Crippen LogP contribution in [0.4, 0.5) is 13.2 Å². The lowest BCUT2D eigenvalue weighted by Crippen LogP contribution is -2.35. The smallest absolute Gasteiger partial charge is 0.475 e. The van der Waals surface area contributed by atoms with Crippen LogP contribution in [0.5, 0.6) is 0 Å². The zero-order chi connectivity index (χ0) is 19.7. The van der Waals surface area contributed by atoms with E-state index < -0.39 is 12.1 Å². The molecule has 0 aliphatic carbocycles. The molecule has 0 bridgehead atoms. The summed E-state index contributed by atoms with van der Waals surface area (Å²) in [7, 11) is 0. The lowest BCUT2D eigenvalue weighted by atomic mass is 9.81. The number of thiazole rings is 1. The van der Waals surface area contributed by atoms with Crippen LogP contribution in [-0.4, -0.2) is 63.6 Å². The van der Waals surface area contributed by atoms with E-state index in [9.17, 15) is 13.2 Å². The molecule has 8 nitrogen and oxygen atoms in total. The molecular weight excluding hydrogens is 389 g/mol. The molecule has 2 aliphatic heterocycles.